The van der Waals surface area contributed by atoms with Crippen molar-refractivity contribution >= 4 is 29.2 Å². The highest BCUT2D eigenvalue weighted by Crippen LogP contribution is 2.21. The fraction of sp³-hybridized carbons (Fsp3) is 0.300. The van der Waals surface area contributed by atoms with Crippen LogP contribution in [0.3, 0.4) is 0 Å². The maximum atomic E-state index is 11.5. The summed E-state index contributed by atoms with van der Waals surface area (Å²) in [6.45, 7) is 3.55. The number of benzene rings is 1. The molecule has 0 aliphatic carbocycles. The summed E-state index contributed by atoms with van der Waals surface area (Å²) < 4.78 is 4.99. The van der Waals surface area contributed by atoms with Gasteiger partial charge in [-0.2, -0.15) is 0 Å². The zero-order valence-corrected chi connectivity index (χ0v) is 9.39. The second-order valence-electron chi connectivity index (χ2n) is 3.08. The molecule has 1 rings (SSSR count). The van der Waals surface area contributed by atoms with E-state index in [1.54, 1.807) is 26.0 Å². The number of carbonyl (C=O) groups excluding carboxylic acids is 1. The summed E-state index contributed by atoms with van der Waals surface area (Å²) in [6, 6.07) is 4.69. The van der Waals surface area contributed by atoms with Gasteiger partial charge in [-0.1, -0.05) is 23.2 Å². The summed E-state index contributed by atoms with van der Waals surface area (Å²) in [5.74, 6) is -0.451. The molecule has 0 unspecified atom stereocenters. The number of halogens is 2. The Morgan fingerprint density at radius 3 is 2.57 bits per heavy atom. The molecule has 0 N–H and O–H groups in total. The lowest BCUT2D eigenvalue weighted by molar-refractivity contribution is 0.0378. The van der Waals surface area contributed by atoms with Crippen LogP contribution in [0, 0.1) is 0 Å². The van der Waals surface area contributed by atoms with Crippen molar-refractivity contribution in [1.82, 2.24) is 0 Å². The molecular formula is C10H10Cl2O2. The van der Waals surface area contributed by atoms with E-state index < -0.39 is 5.97 Å². The van der Waals surface area contributed by atoms with Gasteiger partial charge in [0.15, 0.2) is 0 Å². The van der Waals surface area contributed by atoms with Crippen LogP contribution in [0.1, 0.15) is 24.2 Å². The minimum atomic E-state index is -0.451. The molecule has 0 heterocycles. The van der Waals surface area contributed by atoms with E-state index in [0.29, 0.717) is 15.6 Å². The molecule has 0 amide bonds. The predicted octanol–water partition coefficient (Wildman–Crippen LogP) is 3.56. The largest absolute Gasteiger partial charge is 0.459 e. The number of hydrogen-bond donors (Lipinski definition) is 0. The van der Waals surface area contributed by atoms with Gasteiger partial charge in [0.2, 0.25) is 0 Å². The minimum Gasteiger partial charge on any atom is -0.459 e. The second-order valence-corrected chi connectivity index (χ2v) is 3.92. The quantitative estimate of drug-likeness (QED) is 0.730. The van der Waals surface area contributed by atoms with Gasteiger partial charge in [0, 0.05) is 5.02 Å². The van der Waals surface area contributed by atoms with E-state index in [0.717, 1.165) is 0 Å². The van der Waals surface area contributed by atoms with Crippen LogP contribution in [0.15, 0.2) is 18.2 Å². The van der Waals surface area contributed by atoms with Gasteiger partial charge in [-0.3, -0.25) is 0 Å². The maximum Gasteiger partial charge on any atom is 0.339 e. The van der Waals surface area contributed by atoms with Crippen LogP contribution >= 0.6 is 23.2 Å². The van der Waals surface area contributed by atoms with Crippen molar-refractivity contribution in [3.8, 4) is 0 Å². The van der Waals surface area contributed by atoms with Crippen LogP contribution in [-0.2, 0) is 4.74 Å². The normalized spacial score (nSPS) is 10.4. The number of hydrogen-bond acceptors (Lipinski definition) is 2. The lowest BCUT2D eigenvalue weighted by atomic mass is 10.2. The third-order valence-electron chi connectivity index (χ3n) is 1.49. The standard InChI is InChI=1S/C10H10Cl2O2/c1-6(2)14-10(13)8-5-7(11)3-4-9(8)12/h3-6H,1-2H3. The monoisotopic (exact) mass is 232 g/mol. The zero-order chi connectivity index (χ0) is 10.7. The molecule has 0 saturated heterocycles. The molecule has 1 aromatic carbocycles. The predicted molar refractivity (Wildman–Crippen MR) is 57.0 cm³/mol. The summed E-state index contributed by atoms with van der Waals surface area (Å²) in [6.07, 6.45) is -0.169. The molecule has 4 heteroatoms. The first kappa shape index (κ1) is 11.3. The van der Waals surface area contributed by atoms with Gasteiger partial charge in [-0.15, -0.1) is 0 Å². The van der Waals surface area contributed by atoms with Crippen LogP contribution in [0.2, 0.25) is 10.0 Å². The fourth-order valence-corrected chi connectivity index (χ4v) is 1.30. The van der Waals surface area contributed by atoms with Gasteiger partial charge in [-0.05, 0) is 32.0 Å². The molecule has 0 aromatic heterocycles. The highest BCUT2D eigenvalue weighted by molar-refractivity contribution is 6.35. The Hall–Kier alpha value is -0.730. The SMILES string of the molecule is CC(C)OC(=O)c1cc(Cl)ccc1Cl. The van der Waals surface area contributed by atoms with Crippen molar-refractivity contribution in [2.24, 2.45) is 0 Å². The van der Waals surface area contributed by atoms with Gasteiger partial charge in [0.25, 0.3) is 0 Å². The third kappa shape index (κ3) is 2.89. The molecule has 0 radical (unpaired) electrons. The first-order valence-electron chi connectivity index (χ1n) is 4.16. The van der Waals surface area contributed by atoms with Crippen LogP contribution in [0.4, 0.5) is 0 Å². The zero-order valence-electron chi connectivity index (χ0n) is 7.88. The Labute approximate surface area is 92.8 Å². The first-order valence-corrected chi connectivity index (χ1v) is 4.92. The Balaban J connectivity index is 2.94. The lowest BCUT2D eigenvalue weighted by Crippen LogP contribution is -2.11. The summed E-state index contributed by atoms with van der Waals surface area (Å²) in [4.78, 5) is 11.5. The van der Waals surface area contributed by atoms with Gasteiger partial charge in [-0.25, -0.2) is 4.79 Å². The molecule has 0 atom stereocenters. The Kier molecular flexibility index (Phi) is 3.78. The molecule has 0 aliphatic rings. The average Bonchev–Trinajstić information content (AvgIpc) is 2.08. The molecule has 76 valence electrons. The molecule has 0 bridgehead atoms. The summed E-state index contributed by atoms with van der Waals surface area (Å²) in [5.41, 5.74) is 0.299. The van der Waals surface area contributed by atoms with Crippen LogP contribution < -0.4 is 0 Å². The van der Waals surface area contributed by atoms with E-state index in [1.807, 2.05) is 0 Å². The van der Waals surface area contributed by atoms with Crippen molar-refractivity contribution in [2.45, 2.75) is 20.0 Å². The van der Waals surface area contributed by atoms with Crippen molar-refractivity contribution < 1.29 is 9.53 Å². The fourth-order valence-electron chi connectivity index (χ4n) is 0.931. The van der Waals surface area contributed by atoms with Crippen molar-refractivity contribution in [2.75, 3.05) is 0 Å². The Morgan fingerprint density at radius 2 is 2.00 bits per heavy atom. The number of ether oxygens (including phenoxy) is 1. The molecule has 0 fully saturated rings. The van der Waals surface area contributed by atoms with E-state index in [4.69, 9.17) is 27.9 Å². The second kappa shape index (κ2) is 4.67. The van der Waals surface area contributed by atoms with E-state index in [9.17, 15) is 4.79 Å². The molecule has 0 aliphatic heterocycles. The number of esters is 1. The molecule has 0 saturated carbocycles. The van der Waals surface area contributed by atoms with Gasteiger partial charge < -0.3 is 4.74 Å². The van der Waals surface area contributed by atoms with Crippen LogP contribution in [0.25, 0.3) is 0 Å². The van der Waals surface area contributed by atoms with Crippen molar-refractivity contribution in [3.05, 3.63) is 33.8 Å². The van der Waals surface area contributed by atoms with Gasteiger partial charge >= 0.3 is 5.97 Å². The topological polar surface area (TPSA) is 26.3 Å². The van der Waals surface area contributed by atoms with E-state index >= 15 is 0 Å². The summed E-state index contributed by atoms with van der Waals surface area (Å²) in [5, 5.41) is 0.810. The third-order valence-corrected chi connectivity index (χ3v) is 2.06. The van der Waals surface area contributed by atoms with Gasteiger partial charge in [0.1, 0.15) is 0 Å². The highest BCUT2D eigenvalue weighted by Gasteiger charge is 2.13. The average molecular weight is 233 g/mol. The minimum absolute atomic E-state index is 0.169. The van der Waals surface area contributed by atoms with Crippen LogP contribution in [-0.4, -0.2) is 12.1 Å². The van der Waals surface area contributed by atoms with E-state index in [-0.39, 0.29) is 6.10 Å². The summed E-state index contributed by atoms with van der Waals surface area (Å²) in [7, 11) is 0. The lowest BCUT2D eigenvalue weighted by Gasteiger charge is -2.08. The molecule has 14 heavy (non-hydrogen) atoms. The first-order chi connectivity index (χ1) is 6.50. The molecule has 1 aromatic rings. The van der Waals surface area contributed by atoms with E-state index in [2.05, 4.69) is 0 Å². The maximum absolute atomic E-state index is 11.5. The number of carbonyl (C=O) groups is 1. The Morgan fingerprint density at radius 1 is 1.36 bits per heavy atom. The number of rotatable bonds is 2. The molecule has 2 nitrogen and oxygen atoms in total. The molecular weight excluding hydrogens is 223 g/mol. The van der Waals surface area contributed by atoms with E-state index in [1.165, 1.54) is 6.07 Å². The summed E-state index contributed by atoms with van der Waals surface area (Å²) >= 11 is 11.5. The molecule has 0 spiro atoms. The Bertz CT molecular complexity index is 348. The smallest absolute Gasteiger partial charge is 0.339 e. The van der Waals surface area contributed by atoms with Crippen LogP contribution in [0.5, 0.6) is 0 Å². The highest BCUT2D eigenvalue weighted by atomic mass is 35.5. The van der Waals surface area contributed by atoms with Crippen molar-refractivity contribution in [1.29, 1.82) is 0 Å². The van der Waals surface area contributed by atoms with Crippen molar-refractivity contribution in [3.63, 3.8) is 0 Å². The van der Waals surface area contributed by atoms with Gasteiger partial charge in [0.05, 0.1) is 16.7 Å².